The monoisotopic (exact) mass is 332 g/mol. The Morgan fingerprint density at radius 2 is 1.84 bits per heavy atom. The molecule has 6 nitrogen and oxygen atoms in total. The van der Waals surface area contributed by atoms with E-state index in [1.807, 2.05) is 65.4 Å². The minimum absolute atomic E-state index is 0.00688. The van der Waals surface area contributed by atoms with Crippen molar-refractivity contribution in [2.75, 3.05) is 5.73 Å². The summed E-state index contributed by atoms with van der Waals surface area (Å²) in [4.78, 5) is 20.7. The number of nitrogen functional groups attached to an aromatic ring is 1. The Kier molecular flexibility index (Phi) is 3.78. The first kappa shape index (κ1) is 15.1. The first-order chi connectivity index (χ1) is 12.2. The first-order valence-electron chi connectivity index (χ1n) is 7.91. The standard InChI is InChI=1S/C19H16N4O2/c20-19-14-6-2-3-7-15(14)21-17(22-19)12-25-18(24)11-23-10-9-13-5-1-4-8-16(13)23/h1-10H,11-12H2,(H2,20,21,22). The van der Waals surface area contributed by atoms with Crippen LogP contribution in [0.2, 0.25) is 0 Å². The molecule has 0 aliphatic carbocycles. The molecular formula is C19H16N4O2. The third kappa shape index (κ3) is 3.01. The number of aromatic nitrogens is 3. The van der Waals surface area contributed by atoms with E-state index in [2.05, 4.69) is 9.97 Å². The minimum atomic E-state index is -0.350. The van der Waals surface area contributed by atoms with Crippen LogP contribution in [-0.4, -0.2) is 20.5 Å². The van der Waals surface area contributed by atoms with Crippen LogP contribution in [0.15, 0.2) is 60.8 Å². The number of para-hydroxylation sites is 2. The summed E-state index contributed by atoms with van der Waals surface area (Å²) in [5, 5.41) is 1.87. The van der Waals surface area contributed by atoms with Crippen LogP contribution < -0.4 is 5.73 Å². The van der Waals surface area contributed by atoms with E-state index in [0.717, 1.165) is 21.8 Å². The third-order valence-corrected chi connectivity index (χ3v) is 4.02. The number of esters is 1. The Hall–Kier alpha value is -3.41. The molecule has 0 saturated heterocycles. The predicted octanol–water partition coefficient (Wildman–Crippen LogP) is 2.91. The molecule has 25 heavy (non-hydrogen) atoms. The van der Waals surface area contributed by atoms with Gasteiger partial charge in [-0.15, -0.1) is 0 Å². The van der Waals surface area contributed by atoms with E-state index in [4.69, 9.17) is 10.5 Å². The normalized spacial score (nSPS) is 11.0. The van der Waals surface area contributed by atoms with Gasteiger partial charge in [-0.3, -0.25) is 4.79 Å². The second-order valence-electron chi connectivity index (χ2n) is 5.71. The molecule has 0 spiro atoms. The SMILES string of the molecule is Nc1nc(COC(=O)Cn2ccc3ccccc32)nc2ccccc12. The van der Waals surface area contributed by atoms with Gasteiger partial charge >= 0.3 is 5.97 Å². The highest BCUT2D eigenvalue weighted by Gasteiger charge is 2.10. The lowest BCUT2D eigenvalue weighted by molar-refractivity contribution is -0.145. The quantitative estimate of drug-likeness (QED) is 0.581. The van der Waals surface area contributed by atoms with E-state index >= 15 is 0 Å². The van der Waals surface area contributed by atoms with Gasteiger partial charge in [0.05, 0.1) is 5.52 Å². The van der Waals surface area contributed by atoms with Crippen LogP contribution in [0.4, 0.5) is 5.82 Å². The summed E-state index contributed by atoms with van der Waals surface area (Å²) >= 11 is 0. The molecule has 2 aromatic heterocycles. The van der Waals surface area contributed by atoms with Gasteiger partial charge in [0.25, 0.3) is 0 Å². The average Bonchev–Trinajstić information content (AvgIpc) is 3.03. The van der Waals surface area contributed by atoms with Crippen molar-refractivity contribution in [2.45, 2.75) is 13.2 Å². The molecule has 0 atom stereocenters. The summed E-state index contributed by atoms with van der Waals surface area (Å²) in [6.45, 7) is 0.129. The summed E-state index contributed by atoms with van der Waals surface area (Å²) < 4.78 is 7.17. The number of hydrogen-bond acceptors (Lipinski definition) is 5. The number of fused-ring (bicyclic) bond motifs is 2. The van der Waals surface area contributed by atoms with Crippen LogP contribution in [0.5, 0.6) is 0 Å². The van der Waals surface area contributed by atoms with Crippen molar-refractivity contribution in [3.63, 3.8) is 0 Å². The van der Waals surface area contributed by atoms with Crippen LogP contribution in [0.1, 0.15) is 5.82 Å². The van der Waals surface area contributed by atoms with E-state index in [9.17, 15) is 4.79 Å². The number of anilines is 1. The molecule has 0 aliphatic heterocycles. The molecule has 4 aromatic rings. The second kappa shape index (κ2) is 6.24. The zero-order valence-corrected chi connectivity index (χ0v) is 13.4. The summed E-state index contributed by atoms with van der Waals surface area (Å²) in [6, 6.07) is 17.3. The molecule has 0 aliphatic rings. The van der Waals surface area contributed by atoms with Crippen LogP contribution in [0.25, 0.3) is 21.8 Å². The maximum absolute atomic E-state index is 12.1. The summed E-state index contributed by atoms with van der Waals surface area (Å²) in [6.07, 6.45) is 1.87. The van der Waals surface area contributed by atoms with Gasteiger partial charge in [0, 0.05) is 17.1 Å². The molecule has 2 N–H and O–H groups in total. The van der Waals surface area contributed by atoms with Gasteiger partial charge in [-0.2, -0.15) is 0 Å². The van der Waals surface area contributed by atoms with E-state index in [1.165, 1.54) is 0 Å². The minimum Gasteiger partial charge on any atom is -0.456 e. The van der Waals surface area contributed by atoms with Gasteiger partial charge in [-0.05, 0) is 29.7 Å². The van der Waals surface area contributed by atoms with Crippen LogP contribution in [0, 0.1) is 0 Å². The maximum atomic E-state index is 12.1. The largest absolute Gasteiger partial charge is 0.456 e. The average molecular weight is 332 g/mol. The lowest BCUT2D eigenvalue weighted by Crippen LogP contribution is -2.14. The molecule has 2 heterocycles. The van der Waals surface area contributed by atoms with Crippen molar-refractivity contribution >= 4 is 33.6 Å². The third-order valence-electron chi connectivity index (χ3n) is 4.02. The first-order valence-corrected chi connectivity index (χ1v) is 7.91. The fourth-order valence-electron chi connectivity index (χ4n) is 2.82. The number of carbonyl (C=O) groups is 1. The summed E-state index contributed by atoms with van der Waals surface area (Å²) in [5.41, 5.74) is 7.66. The Morgan fingerprint density at radius 1 is 1.04 bits per heavy atom. The number of benzene rings is 2. The highest BCUT2D eigenvalue weighted by molar-refractivity contribution is 5.87. The fourth-order valence-corrected chi connectivity index (χ4v) is 2.82. The highest BCUT2D eigenvalue weighted by Crippen LogP contribution is 2.18. The van der Waals surface area contributed by atoms with Crippen molar-refractivity contribution in [2.24, 2.45) is 0 Å². The molecule has 0 saturated carbocycles. The van der Waals surface area contributed by atoms with Crippen LogP contribution >= 0.6 is 0 Å². The Bertz CT molecular complexity index is 1070. The van der Waals surface area contributed by atoms with Crippen molar-refractivity contribution in [3.05, 3.63) is 66.6 Å². The molecule has 2 aromatic carbocycles. The molecular weight excluding hydrogens is 316 g/mol. The van der Waals surface area contributed by atoms with E-state index in [1.54, 1.807) is 0 Å². The Labute approximate surface area is 143 Å². The summed E-state index contributed by atoms with van der Waals surface area (Å²) in [7, 11) is 0. The molecule has 0 bridgehead atoms. The molecule has 0 unspecified atom stereocenters. The van der Waals surface area contributed by atoms with Crippen molar-refractivity contribution < 1.29 is 9.53 Å². The zero-order valence-electron chi connectivity index (χ0n) is 13.4. The van der Waals surface area contributed by atoms with Crippen molar-refractivity contribution in [1.82, 2.24) is 14.5 Å². The highest BCUT2D eigenvalue weighted by atomic mass is 16.5. The van der Waals surface area contributed by atoms with Gasteiger partial charge in [0.2, 0.25) is 0 Å². The number of nitrogens with two attached hydrogens (primary N) is 1. The molecule has 4 rings (SSSR count). The van der Waals surface area contributed by atoms with Crippen molar-refractivity contribution in [3.8, 4) is 0 Å². The van der Waals surface area contributed by atoms with E-state index in [-0.39, 0.29) is 19.1 Å². The van der Waals surface area contributed by atoms with E-state index in [0.29, 0.717) is 11.6 Å². The lowest BCUT2D eigenvalue weighted by atomic mass is 10.2. The molecule has 0 amide bonds. The number of carbonyl (C=O) groups excluding carboxylic acids is 1. The Morgan fingerprint density at radius 3 is 2.76 bits per heavy atom. The molecule has 124 valence electrons. The molecule has 0 radical (unpaired) electrons. The van der Waals surface area contributed by atoms with Crippen LogP contribution in [-0.2, 0) is 22.7 Å². The number of hydrogen-bond donors (Lipinski definition) is 1. The number of rotatable bonds is 4. The van der Waals surface area contributed by atoms with Gasteiger partial charge in [-0.1, -0.05) is 30.3 Å². The van der Waals surface area contributed by atoms with E-state index < -0.39 is 0 Å². The van der Waals surface area contributed by atoms with Gasteiger partial charge in [0.15, 0.2) is 12.4 Å². The topological polar surface area (TPSA) is 83.0 Å². The van der Waals surface area contributed by atoms with Gasteiger partial charge in [0.1, 0.15) is 12.4 Å². The van der Waals surface area contributed by atoms with Crippen molar-refractivity contribution in [1.29, 1.82) is 0 Å². The van der Waals surface area contributed by atoms with Gasteiger partial charge < -0.3 is 15.0 Å². The van der Waals surface area contributed by atoms with Crippen LogP contribution in [0.3, 0.4) is 0 Å². The zero-order chi connectivity index (χ0) is 17.2. The molecule has 0 fully saturated rings. The lowest BCUT2D eigenvalue weighted by Gasteiger charge is -2.08. The van der Waals surface area contributed by atoms with Gasteiger partial charge in [-0.25, -0.2) is 9.97 Å². The number of nitrogens with zero attached hydrogens (tertiary/aromatic N) is 3. The second-order valence-corrected chi connectivity index (χ2v) is 5.71. The predicted molar refractivity (Wildman–Crippen MR) is 95.7 cm³/mol. The maximum Gasteiger partial charge on any atom is 0.326 e. The summed E-state index contributed by atoms with van der Waals surface area (Å²) in [5.74, 6) is 0.423. The Balaban J connectivity index is 1.47. The smallest absolute Gasteiger partial charge is 0.326 e. The number of ether oxygens (including phenoxy) is 1. The molecule has 6 heteroatoms. The fraction of sp³-hybridized carbons (Fsp3) is 0.105.